The van der Waals surface area contributed by atoms with E-state index in [4.69, 9.17) is 28.3 Å². The van der Waals surface area contributed by atoms with Gasteiger partial charge < -0.3 is 5.11 Å². The predicted octanol–water partition coefficient (Wildman–Crippen LogP) is 3.55. The van der Waals surface area contributed by atoms with Crippen molar-refractivity contribution in [2.75, 3.05) is 0 Å². The number of aromatic nitrogens is 1. The number of carboxylic acid groups (broad SMARTS) is 1. The van der Waals surface area contributed by atoms with Crippen LogP contribution >= 0.6 is 23.2 Å². The average molecular weight is 256 g/mol. The first-order valence-corrected chi connectivity index (χ1v) is 5.25. The lowest BCUT2D eigenvalue weighted by atomic mass is 10.1. The molecule has 1 aromatic heterocycles. The number of hydrogen-bond acceptors (Lipinski definition) is 2. The molecule has 0 saturated heterocycles. The summed E-state index contributed by atoms with van der Waals surface area (Å²) in [7, 11) is 0. The van der Waals surface area contributed by atoms with E-state index in [1.165, 1.54) is 6.07 Å². The topological polar surface area (TPSA) is 50.2 Å². The van der Waals surface area contributed by atoms with Crippen molar-refractivity contribution in [1.82, 2.24) is 4.98 Å². The van der Waals surface area contributed by atoms with Crippen LogP contribution < -0.4 is 0 Å². The third kappa shape index (κ3) is 1.72. The summed E-state index contributed by atoms with van der Waals surface area (Å²) in [6.07, 6.45) is 0. The van der Waals surface area contributed by atoms with E-state index in [0.29, 0.717) is 15.8 Å². The molecule has 3 nitrogen and oxygen atoms in total. The van der Waals surface area contributed by atoms with Crippen LogP contribution in [0.2, 0.25) is 10.2 Å². The van der Waals surface area contributed by atoms with E-state index in [-0.39, 0.29) is 10.8 Å². The van der Waals surface area contributed by atoms with Gasteiger partial charge in [0, 0.05) is 5.39 Å². The zero-order chi connectivity index (χ0) is 11.9. The summed E-state index contributed by atoms with van der Waals surface area (Å²) < 4.78 is 0. The van der Waals surface area contributed by atoms with Crippen LogP contribution in [0.3, 0.4) is 0 Å². The van der Waals surface area contributed by atoms with E-state index in [1.807, 2.05) is 13.0 Å². The Hall–Kier alpha value is -1.32. The van der Waals surface area contributed by atoms with Crippen LogP contribution in [0.4, 0.5) is 0 Å². The Balaban J connectivity index is 2.92. The fourth-order valence-electron chi connectivity index (χ4n) is 1.53. The number of carboxylic acids is 1. The summed E-state index contributed by atoms with van der Waals surface area (Å²) in [5.41, 5.74) is 0.828. The van der Waals surface area contributed by atoms with E-state index in [2.05, 4.69) is 4.98 Å². The smallest absolute Gasteiger partial charge is 0.354 e. The van der Waals surface area contributed by atoms with E-state index in [1.54, 1.807) is 6.07 Å². The van der Waals surface area contributed by atoms with Crippen LogP contribution in [0.1, 0.15) is 16.1 Å². The molecule has 0 aliphatic carbocycles. The third-order valence-corrected chi connectivity index (χ3v) is 2.93. The predicted molar refractivity (Wildman–Crippen MR) is 63.5 cm³/mol. The molecule has 1 N–H and O–H groups in total. The van der Waals surface area contributed by atoms with Crippen molar-refractivity contribution in [2.24, 2.45) is 0 Å². The lowest BCUT2D eigenvalue weighted by molar-refractivity contribution is 0.0691. The summed E-state index contributed by atoms with van der Waals surface area (Å²) in [5, 5.41) is 10.8. The minimum Gasteiger partial charge on any atom is -0.477 e. The van der Waals surface area contributed by atoms with Gasteiger partial charge in [0.05, 0.1) is 5.02 Å². The number of benzene rings is 1. The summed E-state index contributed by atoms with van der Waals surface area (Å²) in [4.78, 5) is 14.6. The van der Waals surface area contributed by atoms with Crippen molar-refractivity contribution in [1.29, 1.82) is 0 Å². The number of aryl methyl sites for hydroxylation is 1. The molecule has 0 radical (unpaired) electrons. The highest BCUT2D eigenvalue weighted by Gasteiger charge is 2.13. The minimum atomic E-state index is -1.11. The Kier molecular flexibility index (Phi) is 2.74. The van der Waals surface area contributed by atoms with E-state index in [9.17, 15) is 4.79 Å². The van der Waals surface area contributed by atoms with Gasteiger partial charge in [-0.3, -0.25) is 0 Å². The molecular weight excluding hydrogens is 249 g/mol. The SMILES string of the molecule is Cc1ccc(Cl)c2c(Cl)nc(C(=O)O)cc12. The maximum Gasteiger partial charge on any atom is 0.354 e. The van der Waals surface area contributed by atoms with Crippen LogP contribution in [0.5, 0.6) is 0 Å². The summed E-state index contributed by atoms with van der Waals surface area (Å²) in [6.45, 7) is 1.86. The van der Waals surface area contributed by atoms with Crippen molar-refractivity contribution >= 4 is 39.9 Å². The fraction of sp³-hybridized carbons (Fsp3) is 0.0909. The lowest BCUT2D eigenvalue weighted by Crippen LogP contribution is -2.01. The van der Waals surface area contributed by atoms with Crippen molar-refractivity contribution < 1.29 is 9.90 Å². The number of halogens is 2. The highest BCUT2D eigenvalue weighted by atomic mass is 35.5. The average Bonchev–Trinajstić information content (AvgIpc) is 2.22. The molecule has 0 atom stereocenters. The molecular formula is C11H7Cl2NO2. The Morgan fingerprint density at radius 3 is 2.69 bits per heavy atom. The van der Waals surface area contributed by atoms with E-state index >= 15 is 0 Å². The maximum atomic E-state index is 10.8. The molecule has 0 aliphatic heterocycles. The Morgan fingerprint density at radius 1 is 1.38 bits per heavy atom. The van der Waals surface area contributed by atoms with E-state index < -0.39 is 5.97 Å². The minimum absolute atomic E-state index is 0.0807. The molecule has 0 aliphatic rings. The zero-order valence-electron chi connectivity index (χ0n) is 8.29. The molecule has 0 saturated carbocycles. The van der Waals surface area contributed by atoms with E-state index in [0.717, 1.165) is 5.56 Å². The summed E-state index contributed by atoms with van der Waals surface area (Å²) in [6, 6.07) is 5.00. The van der Waals surface area contributed by atoms with Gasteiger partial charge in [-0.15, -0.1) is 0 Å². The first kappa shape index (κ1) is 11.2. The molecule has 16 heavy (non-hydrogen) atoms. The standard InChI is InChI=1S/C11H7Cl2NO2/c1-5-2-3-7(12)9-6(5)4-8(11(15)16)14-10(9)13/h2-4H,1H3,(H,15,16). The highest BCUT2D eigenvalue weighted by molar-refractivity contribution is 6.41. The van der Waals surface area contributed by atoms with Gasteiger partial charge in [-0.25, -0.2) is 9.78 Å². The number of fused-ring (bicyclic) bond motifs is 1. The van der Waals surface area contributed by atoms with Gasteiger partial charge >= 0.3 is 5.97 Å². The van der Waals surface area contributed by atoms with Crippen molar-refractivity contribution in [3.8, 4) is 0 Å². The second-order valence-electron chi connectivity index (χ2n) is 3.39. The second kappa shape index (κ2) is 3.92. The quantitative estimate of drug-likeness (QED) is 0.793. The number of carbonyl (C=O) groups is 1. The summed E-state index contributed by atoms with van der Waals surface area (Å²) in [5.74, 6) is -1.11. The largest absolute Gasteiger partial charge is 0.477 e. The molecule has 2 aromatic rings. The molecule has 5 heteroatoms. The normalized spacial score (nSPS) is 10.7. The van der Waals surface area contributed by atoms with Gasteiger partial charge in [0.15, 0.2) is 5.69 Å². The monoisotopic (exact) mass is 255 g/mol. The molecule has 1 heterocycles. The Morgan fingerprint density at radius 2 is 2.06 bits per heavy atom. The van der Waals surface area contributed by atoms with Crippen LogP contribution in [0.25, 0.3) is 10.8 Å². The van der Waals surface area contributed by atoms with Gasteiger partial charge in [-0.05, 0) is 30.0 Å². The van der Waals surface area contributed by atoms with Gasteiger partial charge in [0.2, 0.25) is 0 Å². The number of rotatable bonds is 1. The van der Waals surface area contributed by atoms with Crippen LogP contribution in [-0.4, -0.2) is 16.1 Å². The van der Waals surface area contributed by atoms with Gasteiger partial charge in [-0.1, -0.05) is 29.3 Å². The zero-order valence-corrected chi connectivity index (χ0v) is 9.80. The first-order valence-electron chi connectivity index (χ1n) is 4.49. The van der Waals surface area contributed by atoms with Crippen LogP contribution in [0, 0.1) is 6.92 Å². The maximum absolute atomic E-state index is 10.8. The van der Waals surface area contributed by atoms with Gasteiger partial charge in [-0.2, -0.15) is 0 Å². The molecule has 0 spiro atoms. The van der Waals surface area contributed by atoms with Gasteiger partial charge in [0.25, 0.3) is 0 Å². The molecule has 1 aromatic carbocycles. The third-order valence-electron chi connectivity index (χ3n) is 2.34. The number of nitrogens with zero attached hydrogens (tertiary/aromatic N) is 1. The molecule has 82 valence electrons. The molecule has 0 fully saturated rings. The summed E-state index contributed by atoms with van der Waals surface area (Å²) >= 11 is 11.9. The molecule has 2 rings (SSSR count). The number of pyridine rings is 1. The van der Waals surface area contributed by atoms with Crippen LogP contribution in [0.15, 0.2) is 18.2 Å². The second-order valence-corrected chi connectivity index (χ2v) is 4.16. The van der Waals surface area contributed by atoms with Crippen molar-refractivity contribution in [3.63, 3.8) is 0 Å². The number of aromatic carboxylic acids is 1. The van der Waals surface area contributed by atoms with Crippen LogP contribution in [-0.2, 0) is 0 Å². The van der Waals surface area contributed by atoms with Gasteiger partial charge in [0.1, 0.15) is 5.15 Å². The van der Waals surface area contributed by atoms with Crippen molar-refractivity contribution in [2.45, 2.75) is 6.92 Å². The fourth-order valence-corrected chi connectivity index (χ4v) is 2.13. The molecule has 0 bridgehead atoms. The molecule has 0 amide bonds. The van der Waals surface area contributed by atoms with Crippen molar-refractivity contribution in [3.05, 3.63) is 39.6 Å². The lowest BCUT2D eigenvalue weighted by Gasteiger charge is -2.06. The molecule has 0 unspecified atom stereocenters. The number of hydrogen-bond donors (Lipinski definition) is 1. The Labute approximate surface area is 102 Å². The highest BCUT2D eigenvalue weighted by Crippen LogP contribution is 2.31. The first-order chi connectivity index (χ1) is 7.50. The Bertz CT molecular complexity index is 596.